The molecule has 1 aliphatic rings. The van der Waals surface area contributed by atoms with Crippen LogP contribution in [0.25, 0.3) is 0 Å². The highest BCUT2D eigenvalue weighted by atomic mass is 15.3. The van der Waals surface area contributed by atoms with Crippen molar-refractivity contribution in [3.8, 4) is 0 Å². The first-order valence-electron chi connectivity index (χ1n) is 8.49. The third kappa shape index (κ3) is 5.11. The third-order valence-electron chi connectivity index (χ3n) is 4.33. The average molecular weight is 292 g/mol. The van der Waals surface area contributed by atoms with Crippen LogP contribution in [0.4, 0.5) is 0 Å². The van der Waals surface area contributed by atoms with Gasteiger partial charge in [-0.05, 0) is 59.7 Å². The van der Waals surface area contributed by atoms with E-state index in [4.69, 9.17) is 0 Å². The Balaban J connectivity index is 1.71. The second-order valence-corrected chi connectivity index (χ2v) is 7.31. The lowest BCUT2D eigenvalue weighted by Gasteiger charge is -2.32. The van der Waals surface area contributed by atoms with Crippen molar-refractivity contribution < 1.29 is 0 Å². The molecule has 0 spiro atoms. The molecule has 0 bridgehead atoms. The normalized spacial score (nSPS) is 18.3. The van der Waals surface area contributed by atoms with Gasteiger partial charge in [-0.3, -0.25) is 4.68 Å². The van der Waals surface area contributed by atoms with Gasteiger partial charge >= 0.3 is 0 Å². The minimum Gasteiger partial charge on any atom is -0.310 e. The second kappa shape index (κ2) is 7.41. The van der Waals surface area contributed by atoms with Crippen LogP contribution in [-0.2, 0) is 12.1 Å². The molecule has 0 aromatic carbocycles. The van der Waals surface area contributed by atoms with Crippen molar-refractivity contribution in [1.29, 1.82) is 0 Å². The minimum absolute atomic E-state index is 0.0723. The largest absolute Gasteiger partial charge is 0.310 e. The van der Waals surface area contributed by atoms with E-state index < -0.39 is 0 Å². The molecular weight excluding hydrogens is 260 g/mol. The van der Waals surface area contributed by atoms with Gasteiger partial charge in [-0.2, -0.15) is 5.10 Å². The summed E-state index contributed by atoms with van der Waals surface area (Å²) in [6, 6.07) is 0.667. The second-order valence-electron chi connectivity index (χ2n) is 7.31. The van der Waals surface area contributed by atoms with E-state index in [1.54, 1.807) is 0 Å². The van der Waals surface area contributed by atoms with E-state index in [1.807, 2.05) is 6.20 Å². The topological polar surface area (TPSA) is 33.1 Å². The van der Waals surface area contributed by atoms with E-state index >= 15 is 0 Å². The molecule has 2 heterocycles. The average Bonchev–Trinajstić information content (AvgIpc) is 2.93. The Morgan fingerprint density at radius 3 is 2.57 bits per heavy atom. The van der Waals surface area contributed by atoms with Crippen molar-refractivity contribution in [2.45, 2.75) is 71.5 Å². The predicted molar refractivity (Wildman–Crippen MR) is 88.4 cm³/mol. The molecule has 0 atom stereocenters. The molecular formula is C17H32N4. The molecule has 4 heteroatoms. The van der Waals surface area contributed by atoms with Gasteiger partial charge in [0, 0.05) is 24.3 Å². The Labute approximate surface area is 129 Å². The molecule has 2 rings (SSSR count). The van der Waals surface area contributed by atoms with Crippen LogP contribution in [0.2, 0.25) is 0 Å². The van der Waals surface area contributed by atoms with Crippen molar-refractivity contribution in [3.05, 3.63) is 18.0 Å². The molecule has 120 valence electrons. The quantitative estimate of drug-likeness (QED) is 0.875. The van der Waals surface area contributed by atoms with Gasteiger partial charge in [0.25, 0.3) is 0 Å². The molecule has 0 aliphatic carbocycles. The predicted octanol–water partition coefficient (Wildman–Crippen LogP) is 2.99. The molecule has 1 aromatic heterocycles. The summed E-state index contributed by atoms with van der Waals surface area (Å²) in [7, 11) is 0. The highest BCUT2D eigenvalue weighted by Crippen LogP contribution is 2.14. The molecule has 0 amide bonds. The molecule has 0 saturated carbocycles. The van der Waals surface area contributed by atoms with E-state index in [9.17, 15) is 0 Å². The Bertz CT molecular complexity index is 411. The zero-order valence-corrected chi connectivity index (χ0v) is 14.2. The van der Waals surface area contributed by atoms with Gasteiger partial charge < -0.3 is 10.2 Å². The summed E-state index contributed by atoms with van der Waals surface area (Å²) in [5, 5.41) is 8.16. The van der Waals surface area contributed by atoms with Gasteiger partial charge in [0.1, 0.15) is 0 Å². The summed E-state index contributed by atoms with van der Waals surface area (Å²) >= 11 is 0. The number of aromatic nitrogens is 2. The number of unbranched alkanes of at least 4 members (excludes halogenated alkanes) is 1. The lowest BCUT2D eigenvalue weighted by molar-refractivity contribution is 0.195. The van der Waals surface area contributed by atoms with Crippen LogP contribution in [-0.4, -0.2) is 40.4 Å². The zero-order valence-electron chi connectivity index (χ0n) is 14.2. The fraction of sp³-hybridized carbons (Fsp3) is 0.824. The molecule has 1 N–H and O–H groups in total. The summed E-state index contributed by atoms with van der Waals surface area (Å²) in [4.78, 5) is 2.61. The summed E-state index contributed by atoms with van der Waals surface area (Å²) in [5.41, 5.74) is 1.36. The van der Waals surface area contributed by atoms with Crippen LogP contribution in [0.3, 0.4) is 0 Å². The van der Waals surface area contributed by atoms with Gasteiger partial charge in [-0.1, -0.05) is 13.3 Å². The lowest BCUT2D eigenvalue weighted by Crippen LogP contribution is -2.42. The standard InChI is InChI=1S/C17H32N4/c1-5-6-9-20-10-7-16(8-11-20)18-12-15-13-19-21(14-15)17(2,3)4/h13-14,16,18H,5-12H2,1-4H3. The van der Waals surface area contributed by atoms with Gasteiger partial charge in [0.2, 0.25) is 0 Å². The monoisotopic (exact) mass is 292 g/mol. The number of nitrogens with zero attached hydrogens (tertiary/aromatic N) is 3. The SMILES string of the molecule is CCCCN1CCC(NCc2cnn(C(C)(C)C)c2)CC1. The molecule has 4 nitrogen and oxygen atoms in total. The number of hydrogen-bond donors (Lipinski definition) is 1. The fourth-order valence-electron chi connectivity index (χ4n) is 2.82. The van der Waals surface area contributed by atoms with Crippen molar-refractivity contribution in [2.75, 3.05) is 19.6 Å². The van der Waals surface area contributed by atoms with Gasteiger partial charge in [0.05, 0.1) is 11.7 Å². The van der Waals surface area contributed by atoms with Crippen molar-refractivity contribution in [3.63, 3.8) is 0 Å². The summed E-state index contributed by atoms with van der Waals surface area (Å²) in [6.45, 7) is 13.5. The minimum atomic E-state index is 0.0723. The number of piperidine rings is 1. The first-order chi connectivity index (χ1) is 9.99. The maximum atomic E-state index is 4.47. The van der Waals surface area contributed by atoms with Crippen LogP contribution in [0.1, 0.15) is 58.9 Å². The van der Waals surface area contributed by atoms with E-state index in [-0.39, 0.29) is 5.54 Å². The number of likely N-dealkylation sites (tertiary alicyclic amines) is 1. The smallest absolute Gasteiger partial charge is 0.0543 e. The highest BCUT2D eigenvalue weighted by molar-refractivity contribution is 5.05. The zero-order chi connectivity index (χ0) is 15.3. The maximum absolute atomic E-state index is 4.47. The summed E-state index contributed by atoms with van der Waals surface area (Å²) < 4.78 is 2.05. The van der Waals surface area contributed by atoms with Gasteiger partial charge in [-0.25, -0.2) is 0 Å². The molecule has 1 saturated heterocycles. The molecule has 0 radical (unpaired) electrons. The van der Waals surface area contributed by atoms with Crippen molar-refractivity contribution >= 4 is 0 Å². The van der Waals surface area contributed by atoms with Crippen molar-refractivity contribution in [2.24, 2.45) is 0 Å². The first kappa shape index (κ1) is 16.5. The van der Waals surface area contributed by atoms with E-state index in [2.05, 4.69) is 53.9 Å². The summed E-state index contributed by atoms with van der Waals surface area (Å²) in [5.74, 6) is 0. The maximum Gasteiger partial charge on any atom is 0.0543 e. The van der Waals surface area contributed by atoms with E-state index in [0.29, 0.717) is 6.04 Å². The van der Waals surface area contributed by atoms with E-state index in [1.165, 1.54) is 50.9 Å². The third-order valence-corrected chi connectivity index (χ3v) is 4.33. The van der Waals surface area contributed by atoms with Gasteiger partial charge in [0.15, 0.2) is 0 Å². The highest BCUT2D eigenvalue weighted by Gasteiger charge is 2.19. The lowest BCUT2D eigenvalue weighted by atomic mass is 10.0. The summed E-state index contributed by atoms with van der Waals surface area (Å²) in [6.07, 6.45) is 9.35. The molecule has 21 heavy (non-hydrogen) atoms. The first-order valence-corrected chi connectivity index (χ1v) is 8.49. The molecule has 1 aromatic rings. The Kier molecular flexibility index (Phi) is 5.82. The molecule has 0 unspecified atom stereocenters. The van der Waals surface area contributed by atoms with Crippen molar-refractivity contribution in [1.82, 2.24) is 20.0 Å². The van der Waals surface area contributed by atoms with E-state index in [0.717, 1.165) is 6.54 Å². The number of nitrogens with one attached hydrogen (secondary N) is 1. The fourth-order valence-corrected chi connectivity index (χ4v) is 2.82. The number of hydrogen-bond acceptors (Lipinski definition) is 3. The van der Waals surface area contributed by atoms with Crippen LogP contribution in [0.5, 0.6) is 0 Å². The Morgan fingerprint density at radius 2 is 2.00 bits per heavy atom. The van der Waals surface area contributed by atoms with Crippen LogP contribution < -0.4 is 5.32 Å². The number of rotatable bonds is 6. The van der Waals surface area contributed by atoms with Crippen LogP contribution >= 0.6 is 0 Å². The Morgan fingerprint density at radius 1 is 1.29 bits per heavy atom. The van der Waals surface area contributed by atoms with Crippen LogP contribution in [0, 0.1) is 0 Å². The molecule has 1 fully saturated rings. The Hall–Kier alpha value is -0.870. The molecule has 1 aliphatic heterocycles. The van der Waals surface area contributed by atoms with Gasteiger partial charge in [-0.15, -0.1) is 0 Å². The van der Waals surface area contributed by atoms with Crippen LogP contribution in [0.15, 0.2) is 12.4 Å².